The third-order valence-corrected chi connectivity index (χ3v) is 2.49. The Labute approximate surface area is 89.4 Å². The highest BCUT2D eigenvalue weighted by Crippen LogP contribution is 2.16. The van der Waals surface area contributed by atoms with Crippen LogP contribution >= 0.6 is 11.3 Å². The Hall–Kier alpha value is -1.87. The van der Waals surface area contributed by atoms with E-state index >= 15 is 0 Å². The summed E-state index contributed by atoms with van der Waals surface area (Å²) in [5.74, 6) is 2.83. The van der Waals surface area contributed by atoms with Gasteiger partial charge in [-0.1, -0.05) is 17.3 Å². The Morgan fingerprint density at radius 1 is 1.47 bits per heavy atom. The molecular weight excluding hydrogens is 218 g/mol. The fourth-order valence-corrected chi connectivity index (χ4v) is 1.62. The van der Waals surface area contributed by atoms with Crippen molar-refractivity contribution in [1.29, 1.82) is 0 Å². The average molecular weight is 225 g/mol. The minimum Gasteiger partial charge on any atom is -0.481 e. The average Bonchev–Trinajstić information content (AvgIpc) is 2.46. The zero-order valence-corrected chi connectivity index (χ0v) is 8.59. The number of nitrogens with zero attached hydrogens (tertiary/aromatic N) is 1. The number of carboxylic acid groups (broad SMARTS) is 2. The second kappa shape index (κ2) is 4.57. The summed E-state index contributed by atoms with van der Waals surface area (Å²) < 4.78 is 0. The zero-order chi connectivity index (χ0) is 11.4. The molecule has 0 aromatic carbocycles. The van der Waals surface area contributed by atoms with E-state index < -0.39 is 11.9 Å². The van der Waals surface area contributed by atoms with Gasteiger partial charge in [-0.3, -0.25) is 4.79 Å². The number of carbonyl (C=O) groups is 2. The monoisotopic (exact) mass is 225 g/mol. The lowest BCUT2D eigenvalue weighted by Gasteiger charge is -1.84. The van der Waals surface area contributed by atoms with Crippen LogP contribution in [0.3, 0.4) is 0 Å². The Morgan fingerprint density at radius 2 is 2.13 bits per heavy atom. The molecular formula is C9H7NO4S. The summed E-state index contributed by atoms with van der Waals surface area (Å²) in [6, 6.07) is 0. The number of aromatic carboxylic acids is 1. The van der Waals surface area contributed by atoms with Gasteiger partial charge in [0.2, 0.25) is 0 Å². The highest BCUT2D eigenvalue weighted by atomic mass is 32.1. The van der Waals surface area contributed by atoms with E-state index in [1.54, 1.807) is 6.92 Å². The summed E-state index contributed by atoms with van der Waals surface area (Å²) in [4.78, 5) is 24.8. The molecule has 0 aliphatic carbocycles. The van der Waals surface area contributed by atoms with Gasteiger partial charge in [0.05, 0.1) is 5.69 Å². The minimum absolute atomic E-state index is 0.134. The molecule has 0 saturated heterocycles. The van der Waals surface area contributed by atoms with Gasteiger partial charge in [-0.15, -0.1) is 0 Å². The van der Waals surface area contributed by atoms with Crippen molar-refractivity contribution in [2.24, 2.45) is 0 Å². The lowest BCUT2D eigenvalue weighted by atomic mass is 10.4. The van der Waals surface area contributed by atoms with Crippen LogP contribution in [0, 0.1) is 18.8 Å². The van der Waals surface area contributed by atoms with Crippen LogP contribution in [-0.2, 0) is 4.79 Å². The van der Waals surface area contributed by atoms with Gasteiger partial charge in [0.1, 0.15) is 11.3 Å². The van der Waals surface area contributed by atoms with Crippen LogP contribution < -0.4 is 0 Å². The van der Waals surface area contributed by atoms with E-state index in [4.69, 9.17) is 10.2 Å². The second-order valence-electron chi connectivity index (χ2n) is 2.61. The molecule has 78 valence electrons. The van der Waals surface area contributed by atoms with Gasteiger partial charge < -0.3 is 10.2 Å². The minimum atomic E-state index is -1.05. The normalized spacial score (nSPS) is 9.13. The maximum absolute atomic E-state index is 10.6. The van der Waals surface area contributed by atoms with E-state index in [1.807, 2.05) is 0 Å². The van der Waals surface area contributed by atoms with Crippen LogP contribution in [0.1, 0.15) is 26.8 Å². The first-order chi connectivity index (χ1) is 7.00. The number of hydrogen-bond acceptors (Lipinski definition) is 4. The Kier molecular flexibility index (Phi) is 3.42. The van der Waals surface area contributed by atoms with Crippen molar-refractivity contribution in [2.75, 3.05) is 0 Å². The quantitative estimate of drug-likeness (QED) is 0.732. The molecule has 1 aromatic rings. The smallest absolute Gasteiger partial charge is 0.347 e. The summed E-state index contributed by atoms with van der Waals surface area (Å²) in [6.45, 7) is 1.57. The first-order valence-corrected chi connectivity index (χ1v) is 4.73. The third kappa shape index (κ3) is 3.07. The largest absolute Gasteiger partial charge is 0.481 e. The van der Waals surface area contributed by atoms with E-state index in [0.717, 1.165) is 11.3 Å². The number of aliphatic carboxylic acids is 1. The molecule has 2 N–H and O–H groups in total. The third-order valence-electron chi connectivity index (χ3n) is 1.43. The lowest BCUT2D eigenvalue weighted by molar-refractivity contribution is -0.135. The fraction of sp³-hybridized carbons (Fsp3) is 0.222. The Morgan fingerprint density at radius 3 is 2.60 bits per heavy atom. The molecule has 5 nitrogen and oxygen atoms in total. The molecule has 0 unspecified atom stereocenters. The van der Waals surface area contributed by atoms with Gasteiger partial charge in [-0.25, -0.2) is 9.78 Å². The first-order valence-electron chi connectivity index (χ1n) is 3.92. The van der Waals surface area contributed by atoms with Crippen molar-refractivity contribution in [2.45, 2.75) is 13.3 Å². The summed E-state index contributed by atoms with van der Waals surface area (Å²) >= 11 is 0.942. The van der Waals surface area contributed by atoms with Crippen molar-refractivity contribution in [1.82, 2.24) is 4.98 Å². The molecule has 0 radical (unpaired) electrons. The molecule has 1 heterocycles. The molecule has 0 aliphatic heterocycles. The number of aromatic nitrogens is 1. The number of aryl methyl sites for hydroxylation is 1. The van der Waals surface area contributed by atoms with Crippen molar-refractivity contribution in [3.63, 3.8) is 0 Å². The molecule has 1 rings (SSSR count). The van der Waals surface area contributed by atoms with Crippen molar-refractivity contribution in [3.05, 3.63) is 15.6 Å². The van der Waals surface area contributed by atoms with Crippen LogP contribution in [0.4, 0.5) is 0 Å². The second-order valence-corrected chi connectivity index (χ2v) is 3.61. The summed E-state index contributed by atoms with van der Waals surface area (Å²) in [7, 11) is 0. The molecule has 0 atom stereocenters. The molecule has 0 bridgehead atoms. The number of carboxylic acids is 2. The van der Waals surface area contributed by atoms with Crippen LogP contribution in [0.25, 0.3) is 0 Å². The summed E-state index contributed by atoms with van der Waals surface area (Å²) in [5, 5.41) is 17.4. The molecule has 0 spiro atoms. The van der Waals surface area contributed by atoms with Crippen molar-refractivity contribution >= 4 is 23.3 Å². The standard InChI is InChI=1S/C9H7NO4S/c1-5-8(9(13)14)15-6(10-5)3-2-4-7(11)12/h4H2,1H3,(H,11,12)(H,13,14). The van der Waals surface area contributed by atoms with Gasteiger partial charge in [0.25, 0.3) is 0 Å². The Bertz CT molecular complexity index is 466. The highest BCUT2D eigenvalue weighted by Gasteiger charge is 2.12. The topological polar surface area (TPSA) is 87.5 Å². The van der Waals surface area contributed by atoms with Gasteiger partial charge in [0, 0.05) is 0 Å². The predicted octanol–water partition coefficient (Wildman–Crippen LogP) is 0.976. The number of rotatable bonds is 2. The molecule has 0 aliphatic rings. The zero-order valence-electron chi connectivity index (χ0n) is 7.77. The van der Waals surface area contributed by atoms with Gasteiger partial charge in [-0.05, 0) is 12.8 Å². The SMILES string of the molecule is Cc1nc(C#CCC(=O)O)sc1C(=O)O. The van der Waals surface area contributed by atoms with Gasteiger partial charge in [0.15, 0.2) is 5.01 Å². The highest BCUT2D eigenvalue weighted by molar-refractivity contribution is 7.14. The lowest BCUT2D eigenvalue weighted by Crippen LogP contribution is -1.94. The molecule has 0 fully saturated rings. The molecule has 0 saturated carbocycles. The van der Waals surface area contributed by atoms with E-state index in [2.05, 4.69) is 16.8 Å². The van der Waals surface area contributed by atoms with Crippen LogP contribution in [-0.4, -0.2) is 27.1 Å². The van der Waals surface area contributed by atoms with Gasteiger partial charge >= 0.3 is 11.9 Å². The molecule has 0 amide bonds. The van der Waals surface area contributed by atoms with Crippen LogP contribution in [0.2, 0.25) is 0 Å². The van der Waals surface area contributed by atoms with Crippen molar-refractivity contribution in [3.8, 4) is 11.8 Å². The van der Waals surface area contributed by atoms with Crippen molar-refractivity contribution < 1.29 is 19.8 Å². The molecule has 6 heteroatoms. The first kappa shape index (κ1) is 11.2. The van der Waals surface area contributed by atoms with E-state index in [0.29, 0.717) is 10.7 Å². The fourth-order valence-electron chi connectivity index (χ4n) is 0.844. The van der Waals surface area contributed by atoms with E-state index in [9.17, 15) is 9.59 Å². The maximum atomic E-state index is 10.6. The number of thiazole rings is 1. The van der Waals surface area contributed by atoms with E-state index in [1.165, 1.54) is 0 Å². The maximum Gasteiger partial charge on any atom is 0.347 e. The van der Waals surface area contributed by atoms with Gasteiger partial charge in [-0.2, -0.15) is 0 Å². The molecule has 15 heavy (non-hydrogen) atoms. The molecule has 1 aromatic heterocycles. The summed E-state index contributed by atoms with van der Waals surface area (Å²) in [5.41, 5.74) is 0.395. The number of hydrogen-bond donors (Lipinski definition) is 2. The van der Waals surface area contributed by atoms with E-state index in [-0.39, 0.29) is 11.3 Å². The van der Waals surface area contributed by atoms with Crippen LogP contribution in [0.15, 0.2) is 0 Å². The summed E-state index contributed by atoms with van der Waals surface area (Å²) in [6.07, 6.45) is -0.277. The van der Waals surface area contributed by atoms with Crippen LogP contribution in [0.5, 0.6) is 0 Å². The predicted molar refractivity (Wildman–Crippen MR) is 52.9 cm³/mol. The Balaban J connectivity index is 2.87.